The van der Waals surface area contributed by atoms with E-state index in [4.69, 9.17) is 5.11 Å². The molecule has 1 aliphatic carbocycles. The molecule has 1 saturated carbocycles. The molecule has 1 fully saturated rings. The highest BCUT2D eigenvalue weighted by Crippen LogP contribution is 2.37. The molecule has 0 saturated heterocycles. The van der Waals surface area contributed by atoms with Crippen molar-refractivity contribution in [3.8, 4) is 0 Å². The molecule has 1 N–H and O–H groups in total. The number of rotatable bonds is 5. The Bertz CT molecular complexity index is 185. The number of carboxylic acid groups (broad SMARTS) is 1. The molecular formula is C12H22O2. The van der Waals surface area contributed by atoms with Gasteiger partial charge in [-0.05, 0) is 31.1 Å². The third-order valence-corrected chi connectivity index (χ3v) is 3.77. The predicted octanol–water partition coefficient (Wildman–Crippen LogP) is 3.31. The fourth-order valence-corrected chi connectivity index (χ4v) is 2.69. The van der Waals surface area contributed by atoms with Gasteiger partial charge in [0.2, 0.25) is 0 Å². The first-order chi connectivity index (χ1) is 6.69. The van der Waals surface area contributed by atoms with Crippen LogP contribution in [0.25, 0.3) is 0 Å². The van der Waals surface area contributed by atoms with E-state index in [1.807, 2.05) is 0 Å². The van der Waals surface area contributed by atoms with E-state index in [-0.39, 0.29) is 5.92 Å². The van der Waals surface area contributed by atoms with Gasteiger partial charge in [0.1, 0.15) is 0 Å². The van der Waals surface area contributed by atoms with Gasteiger partial charge in [-0.25, -0.2) is 0 Å². The van der Waals surface area contributed by atoms with E-state index in [0.717, 1.165) is 31.6 Å². The van der Waals surface area contributed by atoms with Gasteiger partial charge in [0.25, 0.3) is 0 Å². The van der Waals surface area contributed by atoms with E-state index in [1.54, 1.807) is 0 Å². The lowest BCUT2D eigenvalue weighted by Gasteiger charge is -2.20. The van der Waals surface area contributed by atoms with Crippen molar-refractivity contribution in [3.63, 3.8) is 0 Å². The average Bonchev–Trinajstić information content (AvgIpc) is 2.62. The first-order valence-corrected chi connectivity index (χ1v) is 5.91. The monoisotopic (exact) mass is 198 g/mol. The second-order valence-corrected chi connectivity index (χ2v) is 4.55. The fourth-order valence-electron chi connectivity index (χ4n) is 2.69. The van der Waals surface area contributed by atoms with E-state index >= 15 is 0 Å². The van der Waals surface area contributed by atoms with Crippen molar-refractivity contribution in [1.29, 1.82) is 0 Å². The minimum absolute atomic E-state index is 0.0457. The third kappa shape index (κ3) is 2.73. The van der Waals surface area contributed by atoms with Crippen molar-refractivity contribution in [2.45, 2.75) is 52.4 Å². The van der Waals surface area contributed by atoms with Gasteiger partial charge in [0.15, 0.2) is 0 Å². The molecule has 0 heterocycles. The maximum atomic E-state index is 11.0. The van der Waals surface area contributed by atoms with Gasteiger partial charge in [-0.15, -0.1) is 0 Å². The topological polar surface area (TPSA) is 37.3 Å². The van der Waals surface area contributed by atoms with Crippen molar-refractivity contribution in [2.75, 3.05) is 0 Å². The van der Waals surface area contributed by atoms with Crippen LogP contribution in [0.1, 0.15) is 52.4 Å². The van der Waals surface area contributed by atoms with Crippen molar-refractivity contribution >= 4 is 5.97 Å². The van der Waals surface area contributed by atoms with Crippen LogP contribution in [-0.4, -0.2) is 11.1 Å². The second-order valence-electron chi connectivity index (χ2n) is 4.55. The van der Waals surface area contributed by atoms with E-state index < -0.39 is 5.97 Å². The summed E-state index contributed by atoms with van der Waals surface area (Å²) < 4.78 is 0. The predicted molar refractivity (Wildman–Crippen MR) is 57.2 cm³/mol. The lowest BCUT2D eigenvalue weighted by Crippen LogP contribution is -2.20. The molecule has 0 aliphatic heterocycles. The van der Waals surface area contributed by atoms with Crippen molar-refractivity contribution in [3.05, 3.63) is 0 Å². The lowest BCUT2D eigenvalue weighted by atomic mass is 9.84. The van der Waals surface area contributed by atoms with Crippen LogP contribution in [0.15, 0.2) is 0 Å². The summed E-state index contributed by atoms with van der Waals surface area (Å²) in [5, 5.41) is 9.04. The van der Waals surface area contributed by atoms with Crippen LogP contribution < -0.4 is 0 Å². The normalized spacial score (nSPS) is 27.1. The molecule has 0 radical (unpaired) electrons. The third-order valence-electron chi connectivity index (χ3n) is 3.77. The molecule has 0 aromatic rings. The highest BCUT2D eigenvalue weighted by molar-refractivity contribution is 5.70. The Morgan fingerprint density at radius 1 is 1.36 bits per heavy atom. The van der Waals surface area contributed by atoms with Crippen molar-refractivity contribution in [2.24, 2.45) is 17.8 Å². The highest BCUT2D eigenvalue weighted by Gasteiger charge is 2.33. The quantitative estimate of drug-likeness (QED) is 0.735. The van der Waals surface area contributed by atoms with E-state index in [0.29, 0.717) is 5.92 Å². The van der Waals surface area contributed by atoms with E-state index in [2.05, 4.69) is 13.8 Å². The van der Waals surface area contributed by atoms with Gasteiger partial charge >= 0.3 is 5.97 Å². The number of hydrogen-bond acceptors (Lipinski definition) is 1. The first kappa shape index (κ1) is 11.5. The Hall–Kier alpha value is -0.530. The van der Waals surface area contributed by atoms with Crippen LogP contribution in [0.5, 0.6) is 0 Å². The summed E-state index contributed by atoms with van der Waals surface area (Å²) in [5.74, 6) is 0.575. The number of hydrogen-bond donors (Lipinski definition) is 1. The molecule has 0 spiro atoms. The maximum absolute atomic E-state index is 11.0. The van der Waals surface area contributed by atoms with Crippen molar-refractivity contribution < 1.29 is 9.90 Å². The minimum atomic E-state index is -0.571. The SMILES string of the molecule is CCC(CC)CC1CCCC1C(=O)O. The van der Waals surface area contributed by atoms with Crippen LogP contribution in [0.4, 0.5) is 0 Å². The van der Waals surface area contributed by atoms with E-state index in [1.165, 1.54) is 12.8 Å². The summed E-state index contributed by atoms with van der Waals surface area (Å²) in [6.45, 7) is 4.41. The number of carboxylic acids is 1. The second kappa shape index (κ2) is 5.38. The molecule has 2 atom stereocenters. The molecule has 0 bridgehead atoms. The van der Waals surface area contributed by atoms with Gasteiger partial charge in [-0.3, -0.25) is 4.79 Å². The minimum Gasteiger partial charge on any atom is -0.481 e. The van der Waals surface area contributed by atoms with Gasteiger partial charge < -0.3 is 5.11 Å². The number of aliphatic carboxylic acids is 1. The van der Waals surface area contributed by atoms with E-state index in [9.17, 15) is 4.79 Å². The molecular weight excluding hydrogens is 176 g/mol. The Morgan fingerprint density at radius 2 is 2.00 bits per heavy atom. The van der Waals surface area contributed by atoms with Gasteiger partial charge in [0, 0.05) is 0 Å². The Labute approximate surface area is 86.7 Å². The standard InChI is InChI=1S/C12H22O2/c1-3-9(4-2)8-10-6-5-7-11(10)12(13)14/h9-11H,3-8H2,1-2H3,(H,13,14). The first-order valence-electron chi connectivity index (χ1n) is 5.91. The summed E-state index contributed by atoms with van der Waals surface area (Å²) in [6, 6.07) is 0. The van der Waals surface area contributed by atoms with Crippen LogP contribution in [0, 0.1) is 17.8 Å². The van der Waals surface area contributed by atoms with Crippen molar-refractivity contribution in [1.82, 2.24) is 0 Å². The Kier molecular flexibility index (Phi) is 4.43. The highest BCUT2D eigenvalue weighted by atomic mass is 16.4. The average molecular weight is 198 g/mol. The molecule has 14 heavy (non-hydrogen) atoms. The van der Waals surface area contributed by atoms with Gasteiger partial charge in [-0.1, -0.05) is 33.1 Å². The lowest BCUT2D eigenvalue weighted by molar-refractivity contribution is -0.143. The molecule has 0 aromatic heterocycles. The summed E-state index contributed by atoms with van der Waals surface area (Å²) in [4.78, 5) is 11.0. The summed E-state index contributed by atoms with van der Waals surface area (Å²) in [5.41, 5.74) is 0. The summed E-state index contributed by atoms with van der Waals surface area (Å²) in [7, 11) is 0. The van der Waals surface area contributed by atoms with Crippen LogP contribution in [0.3, 0.4) is 0 Å². The zero-order chi connectivity index (χ0) is 10.6. The van der Waals surface area contributed by atoms with Gasteiger partial charge in [-0.2, -0.15) is 0 Å². The van der Waals surface area contributed by atoms with Gasteiger partial charge in [0.05, 0.1) is 5.92 Å². The zero-order valence-corrected chi connectivity index (χ0v) is 9.33. The molecule has 1 rings (SSSR count). The fraction of sp³-hybridized carbons (Fsp3) is 0.917. The Balaban J connectivity index is 2.46. The molecule has 1 aliphatic rings. The van der Waals surface area contributed by atoms with Crippen LogP contribution in [0.2, 0.25) is 0 Å². The molecule has 2 heteroatoms. The largest absolute Gasteiger partial charge is 0.481 e. The molecule has 0 aromatic carbocycles. The van der Waals surface area contributed by atoms with Crippen LogP contribution >= 0.6 is 0 Å². The zero-order valence-electron chi connectivity index (χ0n) is 9.33. The maximum Gasteiger partial charge on any atom is 0.306 e. The molecule has 2 unspecified atom stereocenters. The Morgan fingerprint density at radius 3 is 2.50 bits per heavy atom. The summed E-state index contributed by atoms with van der Waals surface area (Å²) >= 11 is 0. The number of carbonyl (C=O) groups is 1. The molecule has 82 valence electrons. The smallest absolute Gasteiger partial charge is 0.306 e. The molecule has 0 amide bonds. The van der Waals surface area contributed by atoms with Crippen LogP contribution in [-0.2, 0) is 4.79 Å². The molecule has 2 nitrogen and oxygen atoms in total. The summed E-state index contributed by atoms with van der Waals surface area (Å²) in [6.07, 6.45) is 6.66.